The van der Waals surface area contributed by atoms with Gasteiger partial charge in [0.2, 0.25) is 5.91 Å². The lowest BCUT2D eigenvalue weighted by Crippen LogP contribution is -2.36. The molecule has 1 aliphatic carbocycles. The lowest BCUT2D eigenvalue weighted by atomic mass is 10.3. The van der Waals surface area contributed by atoms with Gasteiger partial charge in [0.05, 0.1) is 19.6 Å². The molecule has 4 heteroatoms. The Morgan fingerprint density at radius 3 is 2.73 bits per heavy atom. The maximum absolute atomic E-state index is 11.7. The number of amides is 1. The summed E-state index contributed by atoms with van der Waals surface area (Å²) in [6.07, 6.45) is 3.59. The predicted octanol–water partition coefficient (Wildman–Crippen LogP) is 0.786. The summed E-state index contributed by atoms with van der Waals surface area (Å²) in [6.45, 7) is 3.79. The molecular formula is C11H21NO3. The smallest absolute Gasteiger partial charge is 0.225 e. The second kappa shape index (κ2) is 6.80. The fourth-order valence-electron chi connectivity index (χ4n) is 1.55. The van der Waals surface area contributed by atoms with Crippen molar-refractivity contribution in [2.24, 2.45) is 0 Å². The van der Waals surface area contributed by atoms with Crippen LogP contribution in [0.1, 0.15) is 32.6 Å². The van der Waals surface area contributed by atoms with E-state index in [1.54, 1.807) is 4.90 Å². The van der Waals surface area contributed by atoms with Crippen molar-refractivity contribution < 1.29 is 14.6 Å². The fraction of sp³-hybridized carbons (Fsp3) is 0.909. The van der Waals surface area contributed by atoms with E-state index >= 15 is 0 Å². The van der Waals surface area contributed by atoms with E-state index in [1.807, 2.05) is 6.92 Å². The van der Waals surface area contributed by atoms with Crippen LogP contribution in [0.2, 0.25) is 0 Å². The Kier molecular flexibility index (Phi) is 5.65. The van der Waals surface area contributed by atoms with Gasteiger partial charge < -0.3 is 14.7 Å². The van der Waals surface area contributed by atoms with Crippen molar-refractivity contribution >= 4 is 5.91 Å². The first kappa shape index (κ1) is 12.5. The first-order valence-corrected chi connectivity index (χ1v) is 5.77. The Morgan fingerprint density at radius 1 is 1.47 bits per heavy atom. The SMILES string of the molecule is CCCOCCC(=O)N(CCO)C1CC1. The first-order valence-electron chi connectivity index (χ1n) is 5.77. The van der Waals surface area contributed by atoms with Crippen molar-refractivity contribution in [1.29, 1.82) is 0 Å². The number of aliphatic hydroxyl groups excluding tert-OH is 1. The van der Waals surface area contributed by atoms with Crippen LogP contribution in [0.25, 0.3) is 0 Å². The molecule has 4 nitrogen and oxygen atoms in total. The highest BCUT2D eigenvalue weighted by Gasteiger charge is 2.31. The van der Waals surface area contributed by atoms with Crippen LogP contribution >= 0.6 is 0 Å². The highest BCUT2D eigenvalue weighted by Crippen LogP contribution is 2.26. The number of hydrogen-bond donors (Lipinski definition) is 1. The Hall–Kier alpha value is -0.610. The molecule has 0 aromatic heterocycles. The van der Waals surface area contributed by atoms with E-state index in [0.717, 1.165) is 25.9 Å². The Bertz CT molecular complexity index is 192. The monoisotopic (exact) mass is 215 g/mol. The minimum Gasteiger partial charge on any atom is -0.395 e. The van der Waals surface area contributed by atoms with Gasteiger partial charge in [0.15, 0.2) is 0 Å². The third-order valence-electron chi connectivity index (χ3n) is 2.46. The van der Waals surface area contributed by atoms with Gasteiger partial charge in [-0.25, -0.2) is 0 Å². The number of aliphatic hydroxyl groups is 1. The lowest BCUT2D eigenvalue weighted by molar-refractivity contribution is -0.133. The first-order chi connectivity index (χ1) is 7.29. The van der Waals surface area contributed by atoms with Gasteiger partial charge in [-0.05, 0) is 19.3 Å². The number of ether oxygens (including phenoxy) is 1. The molecule has 0 unspecified atom stereocenters. The number of hydrogen-bond acceptors (Lipinski definition) is 3. The Labute approximate surface area is 91.2 Å². The molecular weight excluding hydrogens is 194 g/mol. The van der Waals surface area contributed by atoms with Crippen LogP contribution < -0.4 is 0 Å². The maximum atomic E-state index is 11.7. The normalized spacial score (nSPS) is 15.3. The van der Waals surface area contributed by atoms with Gasteiger partial charge in [-0.2, -0.15) is 0 Å². The maximum Gasteiger partial charge on any atom is 0.225 e. The third kappa shape index (κ3) is 4.62. The molecule has 1 fully saturated rings. The van der Waals surface area contributed by atoms with Crippen molar-refractivity contribution in [3.63, 3.8) is 0 Å². The second-order valence-corrected chi connectivity index (χ2v) is 3.90. The topological polar surface area (TPSA) is 49.8 Å². The largest absolute Gasteiger partial charge is 0.395 e. The lowest BCUT2D eigenvalue weighted by Gasteiger charge is -2.21. The molecule has 0 spiro atoms. The number of nitrogens with zero attached hydrogens (tertiary/aromatic N) is 1. The highest BCUT2D eigenvalue weighted by molar-refractivity contribution is 5.77. The van der Waals surface area contributed by atoms with Gasteiger partial charge in [-0.3, -0.25) is 4.79 Å². The van der Waals surface area contributed by atoms with E-state index in [0.29, 0.717) is 25.6 Å². The predicted molar refractivity (Wildman–Crippen MR) is 57.5 cm³/mol. The summed E-state index contributed by atoms with van der Waals surface area (Å²) < 4.78 is 5.27. The number of carbonyl (C=O) groups is 1. The van der Waals surface area contributed by atoms with Gasteiger partial charge in [0, 0.05) is 19.2 Å². The summed E-state index contributed by atoms with van der Waals surface area (Å²) >= 11 is 0. The van der Waals surface area contributed by atoms with E-state index < -0.39 is 0 Å². The summed E-state index contributed by atoms with van der Waals surface area (Å²) in [7, 11) is 0. The molecule has 0 saturated heterocycles. The Balaban J connectivity index is 2.17. The molecule has 0 radical (unpaired) electrons. The summed E-state index contributed by atoms with van der Waals surface area (Å²) in [5.74, 6) is 0.114. The van der Waals surface area contributed by atoms with Crippen LogP contribution in [0.5, 0.6) is 0 Å². The molecule has 0 aromatic rings. The molecule has 1 N–H and O–H groups in total. The van der Waals surface area contributed by atoms with E-state index in [-0.39, 0.29) is 12.5 Å². The Morgan fingerprint density at radius 2 is 2.20 bits per heavy atom. The third-order valence-corrected chi connectivity index (χ3v) is 2.46. The van der Waals surface area contributed by atoms with E-state index in [4.69, 9.17) is 9.84 Å². The van der Waals surface area contributed by atoms with Gasteiger partial charge in [-0.1, -0.05) is 6.92 Å². The summed E-state index contributed by atoms with van der Waals surface area (Å²) in [4.78, 5) is 13.5. The summed E-state index contributed by atoms with van der Waals surface area (Å²) in [5, 5.41) is 8.85. The van der Waals surface area contributed by atoms with Gasteiger partial charge in [-0.15, -0.1) is 0 Å². The molecule has 0 heterocycles. The number of rotatable bonds is 8. The van der Waals surface area contributed by atoms with Crippen molar-refractivity contribution in [1.82, 2.24) is 4.90 Å². The summed E-state index contributed by atoms with van der Waals surface area (Å²) in [6, 6.07) is 0.385. The zero-order chi connectivity index (χ0) is 11.1. The van der Waals surface area contributed by atoms with Crippen molar-refractivity contribution in [3.8, 4) is 0 Å². The van der Waals surface area contributed by atoms with Crippen LogP contribution in [0, 0.1) is 0 Å². The molecule has 1 amide bonds. The molecule has 1 aliphatic rings. The van der Waals surface area contributed by atoms with Crippen LogP contribution in [-0.2, 0) is 9.53 Å². The van der Waals surface area contributed by atoms with Crippen molar-refractivity contribution in [2.75, 3.05) is 26.4 Å². The molecule has 1 rings (SSSR count). The zero-order valence-corrected chi connectivity index (χ0v) is 9.45. The van der Waals surface area contributed by atoms with Gasteiger partial charge in [0.25, 0.3) is 0 Å². The van der Waals surface area contributed by atoms with Gasteiger partial charge >= 0.3 is 0 Å². The second-order valence-electron chi connectivity index (χ2n) is 3.90. The molecule has 0 aromatic carbocycles. The van der Waals surface area contributed by atoms with E-state index in [2.05, 4.69) is 0 Å². The van der Waals surface area contributed by atoms with Crippen LogP contribution in [0.4, 0.5) is 0 Å². The van der Waals surface area contributed by atoms with Crippen LogP contribution in [-0.4, -0.2) is 48.3 Å². The number of carbonyl (C=O) groups excluding carboxylic acids is 1. The zero-order valence-electron chi connectivity index (χ0n) is 9.45. The van der Waals surface area contributed by atoms with E-state index in [1.165, 1.54) is 0 Å². The molecule has 0 atom stereocenters. The average molecular weight is 215 g/mol. The van der Waals surface area contributed by atoms with Crippen molar-refractivity contribution in [2.45, 2.75) is 38.6 Å². The minimum absolute atomic E-state index is 0.0536. The molecule has 0 aliphatic heterocycles. The fourth-order valence-corrected chi connectivity index (χ4v) is 1.55. The minimum atomic E-state index is 0.0536. The quantitative estimate of drug-likeness (QED) is 0.609. The van der Waals surface area contributed by atoms with Crippen LogP contribution in [0.3, 0.4) is 0 Å². The van der Waals surface area contributed by atoms with Gasteiger partial charge in [0.1, 0.15) is 0 Å². The summed E-state index contributed by atoms with van der Waals surface area (Å²) in [5.41, 5.74) is 0. The average Bonchev–Trinajstić information content (AvgIpc) is 3.04. The molecule has 15 heavy (non-hydrogen) atoms. The van der Waals surface area contributed by atoms with E-state index in [9.17, 15) is 4.79 Å². The standard InChI is InChI=1S/C11H21NO3/c1-2-8-15-9-5-11(14)12(6-7-13)10-3-4-10/h10,13H,2-9H2,1H3. The molecule has 1 saturated carbocycles. The molecule has 0 bridgehead atoms. The molecule has 88 valence electrons. The van der Waals surface area contributed by atoms with Crippen molar-refractivity contribution in [3.05, 3.63) is 0 Å². The van der Waals surface area contributed by atoms with Crippen LogP contribution in [0.15, 0.2) is 0 Å². The highest BCUT2D eigenvalue weighted by atomic mass is 16.5.